The Labute approximate surface area is 287 Å². The average Bonchev–Trinajstić information content (AvgIpc) is 3.79. The molecule has 42 heavy (non-hydrogen) atoms. The molecule has 2 aromatic rings. The van der Waals surface area contributed by atoms with Crippen molar-refractivity contribution in [2.24, 2.45) is 0 Å². The van der Waals surface area contributed by atoms with Crippen molar-refractivity contribution in [1.29, 1.82) is 0 Å². The van der Waals surface area contributed by atoms with Crippen molar-refractivity contribution in [1.82, 2.24) is 28.7 Å². The van der Waals surface area contributed by atoms with Crippen molar-refractivity contribution in [3.05, 3.63) is 75.6 Å². The average molecular weight is 990 g/mol. The van der Waals surface area contributed by atoms with Gasteiger partial charge in [0.15, 0.2) is 0 Å². The van der Waals surface area contributed by atoms with Crippen LogP contribution in [-0.4, -0.2) is 48.5 Å². The summed E-state index contributed by atoms with van der Waals surface area (Å²) >= 11 is 5.30. The fraction of sp³-hybridized carbons (Fsp3) is 0.613. The van der Waals surface area contributed by atoms with E-state index in [1.54, 1.807) is 0 Å². The zero-order chi connectivity index (χ0) is 29.7. The Kier molecular flexibility index (Phi) is 23.0. The Bertz CT molecular complexity index is 906. The minimum atomic E-state index is 0. The van der Waals surface area contributed by atoms with Gasteiger partial charge in [0.2, 0.25) is 19.3 Å². The summed E-state index contributed by atoms with van der Waals surface area (Å²) in [7, 11) is 0. The molecule has 2 aliphatic rings. The first-order valence-corrected chi connectivity index (χ1v) is 27.9. The summed E-state index contributed by atoms with van der Waals surface area (Å²) < 4.78 is 8.97. The van der Waals surface area contributed by atoms with Crippen LogP contribution in [0, 0.1) is 13.3 Å². The molecule has 0 atom stereocenters. The molecule has 4 rings (SSSR count). The van der Waals surface area contributed by atoms with Gasteiger partial charge in [0.1, 0.15) is 24.8 Å². The number of hydrogen-bond donors (Lipinski definition) is 0. The van der Waals surface area contributed by atoms with Crippen molar-refractivity contribution in [2.75, 3.05) is 19.8 Å². The van der Waals surface area contributed by atoms with Crippen molar-refractivity contribution < 1.29 is 20.3 Å². The second-order valence-electron chi connectivity index (χ2n) is 10.4. The van der Waals surface area contributed by atoms with Crippen LogP contribution in [0.5, 0.6) is 0 Å². The fourth-order valence-corrected chi connectivity index (χ4v) is 4.36. The van der Waals surface area contributed by atoms with E-state index in [4.69, 9.17) is 0 Å². The van der Waals surface area contributed by atoms with Gasteiger partial charge in [-0.25, -0.2) is 9.13 Å². The van der Waals surface area contributed by atoms with Crippen LogP contribution in [0.1, 0.15) is 86.5 Å². The Morgan fingerprint density at radius 1 is 0.595 bits per heavy atom. The van der Waals surface area contributed by atoms with E-state index in [2.05, 4.69) is 180 Å². The monoisotopic (exact) mass is 989 g/mol. The Hall–Kier alpha value is -0.752. The number of imidazole rings is 2. The zero-order valence-corrected chi connectivity index (χ0v) is 32.1. The van der Waals surface area contributed by atoms with E-state index >= 15 is 0 Å². The van der Waals surface area contributed by atoms with Gasteiger partial charge < -0.3 is 19.6 Å². The number of hydrogen-bond acceptors (Lipinski definition) is 4. The zero-order valence-electron chi connectivity index (χ0n) is 25.5. The van der Waals surface area contributed by atoms with Gasteiger partial charge in [-0.3, -0.25) is 0 Å². The summed E-state index contributed by atoms with van der Waals surface area (Å²) in [6.45, 7) is 19.5. The van der Waals surface area contributed by atoms with Gasteiger partial charge in [-0.2, -0.15) is 22.5 Å². The summed E-state index contributed by atoms with van der Waals surface area (Å²) in [6.07, 6.45) is 31.5. The minimum absolute atomic E-state index is 0. The molecule has 4 heterocycles. The number of aryl methyl sites for hydroxylation is 2. The van der Waals surface area contributed by atoms with E-state index in [1.165, 1.54) is 51.4 Å². The maximum atomic E-state index is 2.39. The Morgan fingerprint density at radius 2 is 0.952 bits per heavy atom. The van der Waals surface area contributed by atoms with E-state index in [9.17, 15) is 0 Å². The van der Waals surface area contributed by atoms with Gasteiger partial charge in [-0.1, -0.05) is 60.8 Å². The third-order valence-electron chi connectivity index (χ3n) is 6.72. The van der Waals surface area contributed by atoms with Gasteiger partial charge in [-0.05, 0) is 63.6 Å². The van der Waals surface area contributed by atoms with Gasteiger partial charge in [0.05, 0.1) is 13.1 Å². The second-order valence-corrected chi connectivity index (χ2v) is 27.0. The van der Waals surface area contributed by atoms with Crippen molar-refractivity contribution in [3.8, 4) is 0 Å². The number of aromatic nitrogens is 4. The van der Waals surface area contributed by atoms with E-state index in [1.807, 2.05) is 0 Å². The van der Waals surface area contributed by atoms with E-state index in [0.29, 0.717) is 11.2 Å². The van der Waals surface area contributed by atoms with E-state index in [0.717, 1.165) is 39.5 Å². The van der Waals surface area contributed by atoms with Crippen LogP contribution < -0.4 is 9.13 Å². The third kappa shape index (κ3) is 16.4. The van der Waals surface area contributed by atoms with E-state index < -0.39 is 0 Å². The summed E-state index contributed by atoms with van der Waals surface area (Å²) in [6, 6.07) is 0. The number of nitrogens with zero attached hydrogens (tertiary/aromatic N) is 8. The molecule has 2 aliphatic heterocycles. The molecule has 0 aliphatic carbocycles. The first-order valence-electron chi connectivity index (χ1n) is 15.1. The fourth-order valence-electron chi connectivity index (χ4n) is 4.36. The molecule has 0 spiro atoms. The number of rotatable bonds is 16. The SMILES string of the molecule is C.CCCCN1C=CN(CN2C=CN(CCCC)[CH-]2)[CH-]1.CCCCn1cc[n+](C[n+]2ccn(CCCC)c2)c1.[I][Pt+2][I]. The quantitative estimate of drug-likeness (QED) is 0.100. The van der Waals surface area contributed by atoms with Gasteiger partial charge in [-0.15, -0.1) is 0 Å². The van der Waals surface area contributed by atoms with Gasteiger partial charge >= 0.3 is 49.9 Å². The van der Waals surface area contributed by atoms with Crippen LogP contribution in [0.15, 0.2) is 62.2 Å². The summed E-state index contributed by atoms with van der Waals surface area (Å²) in [4.78, 5) is 8.97. The van der Waals surface area contributed by atoms with Crippen LogP contribution >= 0.6 is 38.7 Å². The molecule has 0 N–H and O–H groups in total. The van der Waals surface area contributed by atoms with Crippen LogP contribution in [0.4, 0.5) is 0 Å². The molecule has 242 valence electrons. The number of halogens is 2. The molecule has 0 bridgehead atoms. The third-order valence-corrected chi connectivity index (χ3v) is 6.72. The van der Waals surface area contributed by atoms with Crippen molar-refractivity contribution in [3.63, 3.8) is 0 Å². The van der Waals surface area contributed by atoms with Crippen LogP contribution in [0.3, 0.4) is 0 Å². The summed E-state index contributed by atoms with van der Waals surface area (Å²) in [5.41, 5.74) is 0. The molecule has 0 saturated carbocycles. The first-order chi connectivity index (χ1) is 20.0. The molecular weight excluding hydrogens is 933 g/mol. The standard InChI is InChI=1S/2C15H26N4.CH4.2HI.Pt/c2*1-3-5-7-16-9-11-18(13-16)15-19-12-10-17(14-19)8-6-4-2;;;;/h2*9-14H,3-8,15H2,1-2H3;1H4;2*1H;/q-2;+2;;;;+4/p-2. The normalized spacial score (nSPS) is 13.8. The topological polar surface area (TPSA) is 30.6 Å². The van der Waals surface area contributed by atoms with Crippen LogP contribution in [-0.2, 0) is 31.0 Å². The molecule has 0 fully saturated rings. The van der Waals surface area contributed by atoms with E-state index in [-0.39, 0.29) is 7.43 Å². The summed E-state index contributed by atoms with van der Waals surface area (Å²) in [5.74, 6) is 0. The summed E-state index contributed by atoms with van der Waals surface area (Å²) in [5, 5.41) is 0. The Balaban J connectivity index is 0.000000376. The van der Waals surface area contributed by atoms with Gasteiger partial charge in [0.25, 0.3) is 0 Å². The first kappa shape index (κ1) is 39.3. The van der Waals surface area contributed by atoms with Gasteiger partial charge in [0, 0.05) is 6.67 Å². The van der Waals surface area contributed by atoms with Crippen molar-refractivity contribution >= 4 is 38.7 Å². The predicted molar refractivity (Wildman–Crippen MR) is 188 cm³/mol. The maximum absolute atomic E-state index is 2.39. The number of unbranched alkanes of at least 4 members (excludes halogenated alkanes) is 4. The molecule has 0 aromatic carbocycles. The molecule has 0 saturated heterocycles. The molecule has 8 nitrogen and oxygen atoms in total. The molecule has 0 amide bonds. The molecule has 0 radical (unpaired) electrons. The molecule has 2 aromatic heterocycles. The molecule has 0 unspecified atom stereocenters. The Morgan fingerprint density at radius 3 is 1.33 bits per heavy atom. The van der Waals surface area contributed by atoms with Crippen molar-refractivity contribution in [2.45, 2.75) is 106 Å². The second kappa shape index (κ2) is 24.6. The van der Waals surface area contributed by atoms with Crippen LogP contribution in [0.25, 0.3) is 0 Å². The van der Waals surface area contributed by atoms with Crippen LogP contribution in [0.2, 0.25) is 0 Å². The predicted octanol–water partition coefficient (Wildman–Crippen LogP) is 7.34. The molecular formula is C31H56I2N8Pt+2. The molecule has 11 heteroatoms.